The minimum atomic E-state index is 0.598. The summed E-state index contributed by atoms with van der Waals surface area (Å²) < 4.78 is 3.43. The van der Waals surface area contributed by atoms with Gasteiger partial charge in [-0.2, -0.15) is 0 Å². The van der Waals surface area contributed by atoms with Gasteiger partial charge in [0.15, 0.2) is 5.82 Å². The first-order valence-electron chi connectivity index (χ1n) is 2.94. The summed E-state index contributed by atoms with van der Waals surface area (Å²) in [6, 6.07) is 0. The van der Waals surface area contributed by atoms with Crippen molar-refractivity contribution in [2.45, 2.75) is 0 Å². The van der Waals surface area contributed by atoms with Gasteiger partial charge in [0.2, 0.25) is 0 Å². The molecule has 0 unspecified atom stereocenters. The molecule has 1 aromatic rings. The van der Waals surface area contributed by atoms with Crippen molar-refractivity contribution in [2.75, 3.05) is 0 Å². The highest BCUT2D eigenvalue weighted by atomic mass is 127. The van der Waals surface area contributed by atoms with Crippen LogP contribution in [0.1, 0.15) is 5.69 Å². The normalized spacial score (nSPS) is 10.7. The molecule has 0 aromatic carbocycles. The van der Waals surface area contributed by atoms with Gasteiger partial charge in [-0.1, -0.05) is 0 Å². The molecular formula is C6H7IN4. The van der Waals surface area contributed by atoms with E-state index in [1.54, 1.807) is 15.1 Å². The van der Waals surface area contributed by atoms with Crippen molar-refractivity contribution < 1.29 is 0 Å². The quantitative estimate of drug-likeness (QED) is 0.637. The zero-order valence-electron chi connectivity index (χ0n) is 5.95. The predicted octanol–water partition coefficient (Wildman–Crippen LogP) is 1.51. The maximum Gasteiger partial charge on any atom is 0.161 e. The van der Waals surface area contributed by atoms with Gasteiger partial charge < -0.3 is 9.98 Å². The molecule has 58 valence electrons. The minimum Gasteiger partial charge on any atom is -0.318 e. The number of hydrogen-bond donors (Lipinski definition) is 1. The van der Waals surface area contributed by atoms with Crippen molar-refractivity contribution in [3.63, 3.8) is 0 Å². The van der Waals surface area contributed by atoms with Gasteiger partial charge in [-0.15, -0.1) is 0 Å². The summed E-state index contributed by atoms with van der Waals surface area (Å²) in [5, 5.41) is 7.00. The molecule has 1 N–H and O–H groups in total. The van der Waals surface area contributed by atoms with E-state index in [1.165, 1.54) is 6.21 Å². The Hall–Kier alpha value is -0.720. The highest BCUT2D eigenvalue weighted by Crippen LogP contribution is 2.13. The molecule has 4 nitrogen and oxygen atoms in total. The molecule has 0 aliphatic rings. The maximum absolute atomic E-state index is 7.00. The summed E-state index contributed by atoms with van der Waals surface area (Å²) in [6.07, 6.45) is 2.83. The van der Waals surface area contributed by atoms with Crippen molar-refractivity contribution in [3.8, 4) is 0 Å². The van der Waals surface area contributed by atoms with Crippen LogP contribution in [-0.4, -0.2) is 20.0 Å². The summed E-state index contributed by atoms with van der Waals surface area (Å²) in [5.74, 6) is 0.717. The highest BCUT2D eigenvalue weighted by molar-refractivity contribution is 14.1. The van der Waals surface area contributed by atoms with Gasteiger partial charge in [-0.3, -0.25) is 0 Å². The molecule has 5 heteroatoms. The number of halogens is 1. The fourth-order valence-corrected chi connectivity index (χ4v) is 1.01. The molecule has 0 bridgehead atoms. The third-order valence-corrected chi connectivity index (χ3v) is 1.52. The molecule has 0 aliphatic heterocycles. The molecule has 11 heavy (non-hydrogen) atoms. The molecule has 0 spiro atoms. The zero-order chi connectivity index (χ0) is 8.27. The fourth-order valence-electron chi connectivity index (χ4n) is 0.747. The van der Waals surface area contributed by atoms with E-state index in [4.69, 9.17) is 5.41 Å². The Labute approximate surface area is 78.0 Å². The second-order valence-corrected chi connectivity index (χ2v) is 2.49. The van der Waals surface area contributed by atoms with Crippen LogP contribution in [0.15, 0.2) is 11.3 Å². The number of imidazole rings is 1. The van der Waals surface area contributed by atoms with Crippen molar-refractivity contribution in [2.24, 2.45) is 12.0 Å². The molecule has 1 aromatic heterocycles. The molecule has 0 atom stereocenters. The van der Waals surface area contributed by atoms with Crippen molar-refractivity contribution in [1.29, 1.82) is 5.41 Å². The molecule has 0 aliphatic carbocycles. The van der Waals surface area contributed by atoms with E-state index in [1.807, 2.05) is 29.6 Å². The number of rotatable bonds is 2. The Balaban J connectivity index is 3.17. The Morgan fingerprint density at radius 1 is 1.82 bits per heavy atom. The monoisotopic (exact) mass is 262 g/mol. The van der Waals surface area contributed by atoms with E-state index in [2.05, 4.69) is 9.98 Å². The van der Waals surface area contributed by atoms with Gasteiger partial charge >= 0.3 is 0 Å². The SMILES string of the molecule is Cn1cnc(C=N)c1/N=C\I. The van der Waals surface area contributed by atoms with Crippen LogP contribution in [-0.2, 0) is 7.05 Å². The summed E-state index contributed by atoms with van der Waals surface area (Å²) in [5.41, 5.74) is 0.598. The predicted molar refractivity (Wildman–Crippen MR) is 53.3 cm³/mol. The van der Waals surface area contributed by atoms with Crippen LogP contribution in [0.25, 0.3) is 0 Å². The lowest BCUT2D eigenvalue weighted by atomic mass is 10.5. The van der Waals surface area contributed by atoms with Gasteiger partial charge in [-0.25, -0.2) is 9.98 Å². The van der Waals surface area contributed by atoms with Crippen molar-refractivity contribution >= 4 is 38.8 Å². The number of nitrogens with one attached hydrogen (secondary N) is 1. The number of nitrogens with zero attached hydrogens (tertiary/aromatic N) is 3. The first-order valence-corrected chi connectivity index (χ1v) is 4.18. The van der Waals surface area contributed by atoms with Crippen LogP contribution >= 0.6 is 22.6 Å². The molecular weight excluding hydrogens is 255 g/mol. The Bertz CT molecular complexity index is 289. The molecule has 0 amide bonds. The smallest absolute Gasteiger partial charge is 0.161 e. The van der Waals surface area contributed by atoms with Crippen LogP contribution in [0.5, 0.6) is 0 Å². The third-order valence-electron chi connectivity index (χ3n) is 1.24. The zero-order valence-corrected chi connectivity index (χ0v) is 8.11. The molecule has 0 radical (unpaired) electrons. The van der Waals surface area contributed by atoms with Gasteiger partial charge in [0.25, 0.3) is 0 Å². The van der Waals surface area contributed by atoms with Crippen molar-refractivity contribution in [1.82, 2.24) is 9.55 Å². The second-order valence-electron chi connectivity index (χ2n) is 1.94. The van der Waals surface area contributed by atoms with E-state index in [-0.39, 0.29) is 0 Å². The van der Waals surface area contributed by atoms with Gasteiger partial charge in [-0.05, 0) is 22.6 Å². The lowest BCUT2D eigenvalue weighted by Crippen LogP contribution is -1.84. The molecule has 0 fully saturated rings. The number of hydrogen-bond acceptors (Lipinski definition) is 3. The first kappa shape index (κ1) is 8.38. The lowest BCUT2D eigenvalue weighted by molar-refractivity contribution is 0.913. The van der Waals surface area contributed by atoms with E-state index in [0.717, 1.165) is 5.82 Å². The Kier molecular flexibility index (Phi) is 2.75. The van der Waals surface area contributed by atoms with Crippen LogP contribution < -0.4 is 0 Å². The van der Waals surface area contributed by atoms with Gasteiger partial charge in [0.1, 0.15) is 5.69 Å². The molecule has 0 saturated carbocycles. The minimum absolute atomic E-state index is 0.598. The summed E-state index contributed by atoms with van der Waals surface area (Å²) in [7, 11) is 1.85. The summed E-state index contributed by atoms with van der Waals surface area (Å²) in [4.78, 5) is 8.00. The number of aryl methyl sites for hydroxylation is 1. The highest BCUT2D eigenvalue weighted by Gasteiger charge is 2.02. The second kappa shape index (κ2) is 3.61. The topological polar surface area (TPSA) is 54.0 Å². The van der Waals surface area contributed by atoms with Gasteiger partial charge in [0.05, 0.1) is 10.5 Å². The largest absolute Gasteiger partial charge is 0.318 e. The van der Waals surface area contributed by atoms with E-state index in [9.17, 15) is 0 Å². The first-order chi connectivity index (χ1) is 5.29. The van der Waals surface area contributed by atoms with E-state index in [0.29, 0.717) is 5.69 Å². The standard InChI is InChI=1S/C6H7IN4/c1-11-4-10-5(2-8)6(11)9-3-7/h2-4,8H,1H3/b8-2?,9-3-. The van der Waals surface area contributed by atoms with Crippen LogP contribution in [0, 0.1) is 5.41 Å². The Morgan fingerprint density at radius 2 is 2.55 bits per heavy atom. The van der Waals surface area contributed by atoms with Crippen LogP contribution in [0.2, 0.25) is 0 Å². The summed E-state index contributed by atoms with van der Waals surface area (Å²) in [6.45, 7) is 0. The Morgan fingerprint density at radius 3 is 3.09 bits per heavy atom. The van der Waals surface area contributed by atoms with E-state index >= 15 is 0 Å². The van der Waals surface area contributed by atoms with E-state index < -0.39 is 0 Å². The third kappa shape index (κ3) is 1.65. The average Bonchev–Trinajstić information content (AvgIpc) is 2.34. The fraction of sp³-hybridized carbons (Fsp3) is 0.167. The number of aliphatic imine (C=N–C) groups is 1. The molecule has 0 saturated heterocycles. The van der Waals surface area contributed by atoms with Crippen LogP contribution in [0.3, 0.4) is 0 Å². The molecule has 1 heterocycles. The lowest BCUT2D eigenvalue weighted by Gasteiger charge is -1.92. The van der Waals surface area contributed by atoms with Crippen molar-refractivity contribution in [3.05, 3.63) is 12.0 Å². The number of aromatic nitrogens is 2. The van der Waals surface area contributed by atoms with Gasteiger partial charge in [0, 0.05) is 13.3 Å². The molecule has 1 rings (SSSR count). The summed E-state index contributed by atoms with van der Waals surface area (Å²) >= 11 is 2.03. The van der Waals surface area contributed by atoms with Crippen LogP contribution in [0.4, 0.5) is 5.82 Å². The average molecular weight is 262 g/mol. The maximum atomic E-state index is 7.00.